The first kappa shape index (κ1) is 16.7. The summed E-state index contributed by atoms with van der Waals surface area (Å²) in [5.41, 5.74) is 2.60. The number of hydrogen-bond acceptors (Lipinski definition) is 2. The van der Waals surface area contributed by atoms with E-state index in [1.165, 1.54) is 5.56 Å². The van der Waals surface area contributed by atoms with Crippen LogP contribution >= 0.6 is 0 Å². The molecule has 1 atom stereocenters. The van der Waals surface area contributed by atoms with Crippen LogP contribution in [0.25, 0.3) is 0 Å². The molecule has 3 heteroatoms. The zero-order valence-electron chi connectivity index (χ0n) is 13.6. The average molecular weight is 276 g/mol. The van der Waals surface area contributed by atoms with Gasteiger partial charge in [-0.25, -0.2) is 0 Å². The summed E-state index contributed by atoms with van der Waals surface area (Å²) in [5.74, 6) is 0.0334. The van der Waals surface area contributed by atoms with E-state index in [0.29, 0.717) is 12.6 Å². The Morgan fingerprint density at radius 1 is 1.10 bits per heavy atom. The molecule has 0 aromatic heterocycles. The summed E-state index contributed by atoms with van der Waals surface area (Å²) in [6.07, 6.45) is 0. The summed E-state index contributed by atoms with van der Waals surface area (Å²) in [6.45, 7) is 13.0. The Kier molecular flexibility index (Phi) is 5.75. The molecule has 0 spiro atoms. The molecular formula is C17H28N2O. The Balaban J connectivity index is 2.60. The molecule has 0 aliphatic heterocycles. The summed E-state index contributed by atoms with van der Waals surface area (Å²) < 4.78 is 0. The smallest absolute Gasteiger partial charge is 0.234 e. The number of carbonyl (C=O) groups excluding carboxylic acids is 1. The summed E-state index contributed by atoms with van der Waals surface area (Å²) in [6, 6.07) is 8.84. The second-order valence-electron chi connectivity index (χ2n) is 6.70. The van der Waals surface area contributed by atoms with Crippen LogP contribution in [0.15, 0.2) is 24.3 Å². The van der Waals surface area contributed by atoms with Gasteiger partial charge in [-0.1, -0.05) is 58.9 Å². The van der Waals surface area contributed by atoms with Gasteiger partial charge in [-0.2, -0.15) is 0 Å². The van der Waals surface area contributed by atoms with Gasteiger partial charge >= 0.3 is 0 Å². The summed E-state index contributed by atoms with van der Waals surface area (Å²) >= 11 is 0. The number of hydrogen-bond donors (Lipinski definition) is 2. The van der Waals surface area contributed by atoms with E-state index in [0.717, 1.165) is 5.56 Å². The first-order chi connectivity index (χ1) is 9.20. The molecule has 3 nitrogen and oxygen atoms in total. The highest BCUT2D eigenvalue weighted by atomic mass is 16.1. The van der Waals surface area contributed by atoms with Crippen LogP contribution in [-0.4, -0.2) is 18.5 Å². The number of rotatable bonds is 5. The van der Waals surface area contributed by atoms with E-state index in [9.17, 15) is 4.79 Å². The van der Waals surface area contributed by atoms with E-state index in [2.05, 4.69) is 55.7 Å². The molecule has 1 unspecified atom stereocenters. The quantitative estimate of drug-likeness (QED) is 0.867. The van der Waals surface area contributed by atoms with Crippen molar-refractivity contribution in [2.24, 2.45) is 0 Å². The molecule has 1 amide bonds. The molecule has 1 aromatic rings. The topological polar surface area (TPSA) is 41.1 Å². The predicted molar refractivity (Wildman–Crippen MR) is 84.8 cm³/mol. The van der Waals surface area contributed by atoms with Crippen LogP contribution < -0.4 is 10.6 Å². The SMILES string of the molecule is CC(C)NCC(=O)NC(C)c1ccc(C(C)(C)C)cc1. The third-order valence-corrected chi connectivity index (χ3v) is 3.33. The zero-order chi connectivity index (χ0) is 15.3. The molecule has 20 heavy (non-hydrogen) atoms. The molecule has 0 bridgehead atoms. The maximum absolute atomic E-state index is 11.8. The van der Waals surface area contributed by atoms with E-state index in [1.807, 2.05) is 20.8 Å². The maximum Gasteiger partial charge on any atom is 0.234 e. The van der Waals surface area contributed by atoms with Gasteiger partial charge < -0.3 is 10.6 Å². The van der Waals surface area contributed by atoms with Gasteiger partial charge in [-0.15, -0.1) is 0 Å². The average Bonchev–Trinajstić information content (AvgIpc) is 2.35. The van der Waals surface area contributed by atoms with Gasteiger partial charge in [-0.3, -0.25) is 4.79 Å². The monoisotopic (exact) mass is 276 g/mol. The second-order valence-corrected chi connectivity index (χ2v) is 6.70. The Labute approximate surface area is 123 Å². The van der Waals surface area contributed by atoms with Crippen molar-refractivity contribution in [1.82, 2.24) is 10.6 Å². The molecule has 1 aromatic carbocycles. The van der Waals surface area contributed by atoms with Gasteiger partial charge in [-0.05, 0) is 23.5 Å². The van der Waals surface area contributed by atoms with Crippen molar-refractivity contribution in [1.29, 1.82) is 0 Å². The minimum atomic E-state index is 0.0329. The summed E-state index contributed by atoms with van der Waals surface area (Å²) in [4.78, 5) is 11.8. The molecule has 0 aliphatic rings. The Morgan fingerprint density at radius 2 is 1.65 bits per heavy atom. The third-order valence-electron chi connectivity index (χ3n) is 3.33. The van der Waals surface area contributed by atoms with E-state index in [-0.39, 0.29) is 17.4 Å². The van der Waals surface area contributed by atoms with Crippen LogP contribution in [0, 0.1) is 0 Å². The molecule has 0 radical (unpaired) electrons. The molecule has 0 fully saturated rings. The van der Waals surface area contributed by atoms with Crippen LogP contribution in [0.1, 0.15) is 58.7 Å². The van der Waals surface area contributed by atoms with Gasteiger partial charge in [0.05, 0.1) is 12.6 Å². The molecule has 0 saturated carbocycles. The zero-order valence-corrected chi connectivity index (χ0v) is 13.6. The van der Waals surface area contributed by atoms with E-state index in [4.69, 9.17) is 0 Å². The number of benzene rings is 1. The van der Waals surface area contributed by atoms with Crippen LogP contribution in [0.4, 0.5) is 0 Å². The third kappa shape index (κ3) is 5.33. The van der Waals surface area contributed by atoms with Gasteiger partial charge in [0.15, 0.2) is 0 Å². The number of nitrogens with one attached hydrogen (secondary N) is 2. The molecular weight excluding hydrogens is 248 g/mol. The molecule has 0 heterocycles. The van der Waals surface area contributed by atoms with E-state index >= 15 is 0 Å². The highest BCUT2D eigenvalue weighted by molar-refractivity contribution is 5.78. The van der Waals surface area contributed by atoms with Crippen molar-refractivity contribution in [3.63, 3.8) is 0 Å². The first-order valence-electron chi connectivity index (χ1n) is 7.33. The minimum absolute atomic E-state index is 0.0329. The van der Waals surface area contributed by atoms with Crippen molar-refractivity contribution < 1.29 is 4.79 Å². The molecule has 0 saturated heterocycles. The van der Waals surface area contributed by atoms with Crippen molar-refractivity contribution in [3.05, 3.63) is 35.4 Å². The fraction of sp³-hybridized carbons (Fsp3) is 0.588. The fourth-order valence-corrected chi connectivity index (χ4v) is 1.94. The second kappa shape index (κ2) is 6.89. The lowest BCUT2D eigenvalue weighted by Crippen LogP contribution is -2.38. The number of amides is 1. The summed E-state index contributed by atoms with van der Waals surface area (Å²) in [7, 11) is 0. The van der Waals surface area contributed by atoms with Crippen molar-refractivity contribution in [3.8, 4) is 0 Å². The van der Waals surface area contributed by atoms with Gasteiger partial charge in [0.1, 0.15) is 0 Å². The standard InChI is InChI=1S/C17H28N2O/c1-12(2)18-11-16(20)19-13(3)14-7-9-15(10-8-14)17(4,5)6/h7-10,12-13,18H,11H2,1-6H3,(H,19,20). The van der Waals surface area contributed by atoms with E-state index < -0.39 is 0 Å². The van der Waals surface area contributed by atoms with Crippen LogP contribution in [0.5, 0.6) is 0 Å². The lowest BCUT2D eigenvalue weighted by atomic mass is 9.86. The normalized spacial score (nSPS) is 13.3. The van der Waals surface area contributed by atoms with E-state index in [1.54, 1.807) is 0 Å². The predicted octanol–water partition coefficient (Wildman–Crippen LogP) is 3.16. The highest BCUT2D eigenvalue weighted by Crippen LogP contribution is 2.23. The lowest BCUT2D eigenvalue weighted by molar-refractivity contribution is -0.121. The molecule has 0 aliphatic carbocycles. The van der Waals surface area contributed by atoms with Gasteiger partial charge in [0, 0.05) is 6.04 Å². The van der Waals surface area contributed by atoms with Crippen molar-refractivity contribution in [2.75, 3.05) is 6.54 Å². The Hall–Kier alpha value is -1.35. The van der Waals surface area contributed by atoms with Gasteiger partial charge in [0.25, 0.3) is 0 Å². The molecule has 2 N–H and O–H groups in total. The Bertz CT molecular complexity index is 429. The largest absolute Gasteiger partial charge is 0.348 e. The van der Waals surface area contributed by atoms with Crippen molar-refractivity contribution >= 4 is 5.91 Å². The van der Waals surface area contributed by atoms with Crippen LogP contribution in [0.2, 0.25) is 0 Å². The molecule has 1 rings (SSSR count). The number of carbonyl (C=O) groups is 1. The first-order valence-corrected chi connectivity index (χ1v) is 7.33. The Morgan fingerprint density at radius 3 is 2.10 bits per heavy atom. The maximum atomic E-state index is 11.8. The fourth-order valence-electron chi connectivity index (χ4n) is 1.94. The summed E-state index contributed by atoms with van der Waals surface area (Å²) in [5, 5.41) is 6.13. The lowest BCUT2D eigenvalue weighted by Gasteiger charge is -2.21. The van der Waals surface area contributed by atoms with Crippen LogP contribution in [0.3, 0.4) is 0 Å². The van der Waals surface area contributed by atoms with Crippen LogP contribution in [-0.2, 0) is 10.2 Å². The van der Waals surface area contributed by atoms with Crippen molar-refractivity contribution in [2.45, 2.75) is 59.0 Å². The highest BCUT2D eigenvalue weighted by Gasteiger charge is 2.14. The minimum Gasteiger partial charge on any atom is -0.348 e. The molecule has 112 valence electrons. The van der Waals surface area contributed by atoms with Gasteiger partial charge in [0.2, 0.25) is 5.91 Å².